The number of amides is 2. The van der Waals surface area contributed by atoms with Crippen LogP contribution in [0, 0.1) is 0 Å². The van der Waals surface area contributed by atoms with Crippen LogP contribution in [0.1, 0.15) is 29.1 Å². The van der Waals surface area contributed by atoms with Crippen molar-refractivity contribution in [1.82, 2.24) is 4.90 Å². The molecule has 0 saturated heterocycles. The van der Waals surface area contributed by atoms with Gasteiger partial charge in [0.25, 0.3) is 0 Å². The highest BCUT2D eigenvalue weighted by molar-refractivity contribution is 7.09. The normalized spacial score (nSPS) is 12.1. The molecule has 0 fully saturated rings. The lowest BCUT2D eigenvalue weighted by Gasteiger charge is -2.26. The van der Waals surface area contributed by atoms with Gasteiger partial charge in [-0.15, -0.1) is 11.3 Å². The van der Waals surface area contributed by atoms with E-state index in [9.17, 15) is 9.59 Å². The Labute approximate surface area is 140 Å². The molecule has 2 aromatic rings. The number of carbonyl (C=O) groups excluding carboxylic acids is 2. The van der Waals surface area contributed by atoms with Crippen LogP contribution < -0.4 is 11.1 Å². The molecule has 6 heteroatoms. The van der Waals surface area contributed by atoms with Crippen molar-refractivity contribution in [1.29, 1.82) is 0 Å². The highest BCUT2D eigenvalue weighted by Gasteiger charge is 2.20. The Bertz CT molecular complexity index is 653. The number of primary amides is 1. The Morgan fingerprint density at radius 3 is 2.48 bits per heavy atom. The van der Waals surface area contributed by atoms with E-state index in [1.54, 1.807) is 35.6 Å². The summed E-state index contributed by atoms with van der Waals surface area (Å²) in [5, 5.41) is 4.91. The summed E-state index contributed by atoms with van der Waals surface area (Å²) in [7, 11) is 0. The highest BCUT2D eigenvalue weighted by Crippen LogP contribution is 2.15. The Hall–Kier alpha value is -2.18. The third-order valence-corrected chi connectivity index (χ3v) is 4.57. The van der Waals surface area contributed by atoms with Crippen LogP contribution in [0.2, 0.25) is 0 Å². The second-order valence-electron chi connectivity index (χ2n) is 5.25. The van der Waals surface area contributed by atoms with Crippen LogP contribution in [0.3, 0.4) is 0 Å². The van der Waals surface area contributed by atoms with Crippen LogP contribution in [-0.2, 0) is 11.3 Å². The molecule has 0 bridgehead atoms. The number of hydrogen-bond acceptors (Lipinski definition) is 4. The summed E-state index contributed by atoms with van der Waals surface area (Å²) in [4.78, 5) is 26.8. The quantitative estimate of drug-likeness (QED) is 0.819. The summed E-state index contributed by atoms with van der Waals surface area (Å²) in [5.74, 6) is -0.556. The largest absolute Gasteiger partial charge is 0.366 e. The van der Waals surface area contributed by atoms with Crippen molar-refractivity contribution >= 4 is 28.8 Å². The van der Waals surface area contributed by atoms with Crippen molar-refractivity contribution < 1.29 is 9.59 Å². The van der Waals surface area contributed by atoms with Gasteiger partial charge in [0.05, 0.1) is 6.04 Å². The zero-order valence-corrected chi connectivity index (χ0v) is 14.1. The number of thiophene rings is 1. The molecule has 0 aliphatic rings. The number of anilines is 1. The number of hydrogen-bond donors (Lipinski definition) is 2. The van der Waals surface area contributed by atoms with E-state index < -0.39 is 5.91 Å². The predicted octanol–water partition coefficient (Wildman–Crippen LogP) is 2.70. The van der Waals surface area contributed by atoms with Gasteiger partial charge in [-0.1, -0.05) is 13.0 Å². The van der Waals surface area contributed by atoms with E-state index in [-0.39, 0.29) is 11.9 Å². The average Bonchev–Trinajstić information content (AvgIpc) is 3.05. The predicted molar refractivity (Wildman–Crippen MR) is 93.5 cm³/mol. The first-order chi connectivity index (χ1) is 11.0. The first kappa shape index (κ1) is 17.2. The lowest BCUT2D eigenvalue weighted by atomic mass is 10.2. The summed E-state index contributed by atoms with van der Waals surface area (Å²) in [5.41, 5.74) is 6.28. The van der Waals surface area contributed by atoms with E-state index in [0.717, 1.165) is 13.1 Å². The number of likely N-dealkylation sites (N-methyl/N-ethyl adjacent to an activating group) is 1. The van der Waals surface area contributed by atoms with Crippen LogP contribution in [-0.4, -0.2) is 29.3 Å². The molecule has 2 amide bonds. The summed E-state index contributed by atoms with van der Waals surface area (Å²) < 4.78 is 0. The molecule has 1 aromatic heterocycles. The highest BCUT2D eigenvalue weighted by atomic mass is 32.1. The molecule has 1 atom stereocenters. The summed E-state index contributed by atoms with van der Waals surface area (Å²) in [6.07, 6.45) is 0. The second kappa shape index (κ2) is 7.89. The fraction of sp³-hybridized carbons (Fsp3) is 0.294. The molecule has 1 aromatic carbocycles. The fourth-order valence-electron chi connectivity index (χ4n) is 2.26. The van der Waals surface area contributed by atoms with Crippen LogP contribution in [0.5, 0.6) is 0 Å². The molecule has 0 spiro atoms. The van der Waals surface area contributed by atoms with Crippen LogP contribution in [0.4, 0.5) is 5.69 Å². The first-order valence-corrected chi connectivity index (χ1v) is 8.36. The minimum Gasteiger partial charge on any atom is -0.366 e. The van der Waals surface area contributed by atoms with Crippen molar-refractivity contribution in [3.63, 3.8) is 0 Å². The zero-order valence-electron chi connectivity index (χ0n) is 13.3. The molecule has 1 heterocycles. The molecule has 0 saturated carbocycles. The second-order valence-corrected chi connectivity index (χ2v) is 6.28. The van der Waals surface area contributed by atoms with Crippen LogP contribution in [0.15, 0.2) is 41.8 Å². The van der Waals surface area contributed by atoms with Crippen molar-refractivity contribution in [2.45, 2.75) is 26.4 Å². The number of rotatable bonds is 7. The molecule has 23 heavy (non-hydrogen) atoms. The van der Waals surface area contributed by atoms with Crippen molar-refractivity contribution in [2.75, 3.05) is 11.9 Å². The van der Waals surface area contributed by atoms with Gasteiger partial charge in [-0.2, -0.15) is 0 Å². The van der Waals surface area contributed by atoms with E-state index in [2.05, 4.69) is 16.3 Å². The summed E-state index contributed by atoms with van der Waals surface area (Å²) in [6.45, 7) is 5.47. The number of benzene rings is 1. The molecule has 0 aliphatic heterocycles. The van der Waals surface area contributed by atoms with Gasteiger partial charge in [0.2, 0.25) is 11.8 Å². The molecule has 2 rings (SSSR count). The number of carbonyl (C=O) groups is 2. The SMILES string of the molecule is CCN(Cc1cccs1)[C@H](C)C(=O)Nc1ccc(C(N)=O)cc1. The van der Waals surface area contributed by atoms with Crippen molar-refractivity contribution in [2.24, 2.45) is 5.73 Å². The number of nitrogens with one attached hydrogen (secondary N) is 1. The van der Waals surface area contributed by atoms with Gasteiger partial charge in [-0.25, -0.2) is 0 Å². The van der Waals surface area contributed by atoms with Gasteiger partial charge in [0.15, 0.2) is 0 Å². The van der Waals surface area contributed by atoms with Gasteiger partial charge < -0.3 is 11.1 Å². The summed E-state index contributed by atoms with van der Waals surface area (Å²) in [6, 6.07) is 10.4. The lowest BCUT2D eigenvalue weighted by molar-refractivity contribution is -0.120. The third kappa shape index (κ3) is 4.64. The van der Waals surface area contributed by atoms with Crippen molar-refractivity contribution in [3.8, 4) is 0 Å². The third-order valence-electron chi connectivity index (χ3n) is 3.71. The molecular formula is C17H21N3O2S. The Morgan fingerprint density at radius 1 is 1.26 bits per heavy atom. The maximum Gasteiger partial charge on any atom is 0.248 e. The minimum absolute atomic E-state index is 0.0739. The standard InChI is InChI=1S/C17H21N3O2S/c1-3-20(11-15-5-4-10-23-15)12(2)17(22)19-14-8-6-13(7-9-14)16(18)21/h4-10,12H,3,11H2,1-2H3,(H2,18,21)(H,19,22)/t12-/m1/s1. The van der Waals surface area contributed by atoms with Crippen LogP contribution in [0.25, 0.3) is 0 Å². The Balaban J connectivity index is 1.98. The van der Waals surface area contributed by atoms with E-state index in [1.807, 2.05) is 25.3 Å². The molecular weight excluding hydrogens is 310 g/mol. The van der Waals surface area contributed by atoms with Gasteiger partial charge >= 0.3 is 0 Å². The molecule has 0 aliphatic carbocycles. The topological polar surface area (TPSA) is 75.4 Å². The first-order valence-electron chi connectivity index (χ1n) is 7.48. The van der Waals surface area contributed by atoms with E-state index in [0.29, 0.717) is 11.3 Å². The number of nitrogens with zero attached hydrogens (tertiary/aromatic N) is 1. The van der Waals surface area contributed by atoms with Gasteiger partial charge in [-0.05, 0) is 49.2 Å². The monoisotopic (exact) mass is 331 g/mol. The number of nitrogens with two attached hydrogens (primary N) is 1. The molecule has 0 unspecified atom stereocenters. The van der Waals surface area contributed by atoms with Gasteiger partial charge in [0.1, 0.15) is 0 Å². The fourth-order valence-corrected chi connectivity index (χ4v) is 2.99. The molecule has 122 valence electrons. The zero-order chi connectivity index (χ0) is 16.8. The molecule has 5 nitrogen and oxygen atoms in total. The smallest absolute Gasteiger partial charge is 0.248 e. The summed E-state index contributed by atoms with van der Waals surface area (Å²) >= 11 is 1.69. The minimum atomic E-state index is -0.482. The average molecular weight is 331 g/mol. The van der Waals surface area contributed by atoms with E-state index >= 15 is 0 Å². The molecule has 0 radical (unpaired) electrons. The molecule has 3 N–H and O–H groups in total. The van der Waals surface area contributed by atoms with Gasteiger partial charge in [-0.3, -0.25) is 14.5 Å². The van der Waals surface area contributed by atoms with E-state index in [4.69, 9.17) is 5.73 Å². The van der Waals surface area contributed by atoms with Gasteiger partial charge in [0, 0.05) is 22.7 Å². The maximum atomic E-state index is 12.4. The Morgan fingerprint density at radius 2 is 1.96 bits per heavy atom. The van der Waals surface area contributed by atoms with Crippen molar-refractivity contribution in [3.05, 3.63) is 52.2 Å². The lowest BCUT2D eigenvalue weighted by Crippen LogP contribution is -2.41. The maximum absolute atomic E-state index is 12.4. The Kier molecular flexibility index (Phi) is 5.90. The van der Waals surface area contributed by atoms with E-state index in [1.165, 1.54) is 4.88 Å². The van der Waals surface area contributed by atoms with Crippen LogP contribution >= 0.6 is 11.3 Å².